The lowest BCUT2D eigenvalue weighted by Crippen LogP contribution is -2.38. The molecular formula is C15H21N3O. The first kappa shape index (κ1) is 12.5. The molecule has 4 heteroatoms. The average Bonchev–Trinajstić information content (AvgIpc) is 3.28. The first-order valence-electron chi connectivity index (χ1n) is 7.07. The molecule has 0 bridgehead atoms. The van der Waals surface area contributed by atoms with Crippen molar-refractivity contribution in [1.29, 1.82) is 0 Å². The highest BCUT2D eigenvalue weighted by molar-refractivity contribution is 5.96. The number of aryl methyl sites for hydroxylation is 1. The van der Waals surface area contributed by atoms with Gasteiger partial charge in [-0.25, -0.2) is 0 Å². The van der Waals surface area contributed by atoms with E-state index in [1.807, 2.05) is 25.1 Å². The standard InChI is InChI=1S/C15H21N3O/c1-9-8-12(18-16)6-7-13(9)15(19)17-14(10-2-3-10)11-4-5-11/h6-8,10-11,14,18H,2-5,16H2,1H3,(H,17,19). The van der Waals surface area contributed by atoms with Crippen molar-refractivity contribution in [2.75, 3.05) is 5.43 Å². The van der Waals surface area contributed by atoms with E-state index in [1.165, 1.54) is 25.7 Å². The fraction of sp³-hybridized carbons (Fsp3) is 0.533. The van der Waals surface area contributed by atoms with E-state index >= 15 is 0 Å². The number of rotatable bonds is 5. The highest BCUT2D eigenvalue weighted by Gasteiger charge is 2.42. The molecule has 2 aliphatic rings. The second-order valence-corrected chi connectivity index (χ2v) is 5.85. The SMILES string of the molecule is Cc1cc(NN)ccc1C(=O)NC(C1CC1)C1CC1. The number of carbonyl (C=O) groups excluding carboxylic acids is 1. The Morgan fingerprint density at radius 1 is 1.26 bits per heavy atom. The molecule has 0 unspecified atom stereocenters. The summed E-state index contributed by atoms with van der Waals surface area (Å²) in [5.41, 5.74) is 5.14. The predicted octanol–water partition coefficient (Wildman–Crippen LogP) is 2.20. The number of carbonyl (C=O) groups is 1. The summed E-state index contributed by atoms with van der Waals surface area (Å²) in [6, 6.07) is 5.99. The Balaban J connectivity index is 1.72. The number of nitrogens with two attached hydrogens (primary N) is 1. The lowest BCUT2D eigenvalue weighted by molar-refractivity contribution is 0.0925. The summed E-state index contributed by atoms with van der Waals surface area (Å²) in [5, 5.41) is 3.24. The molecule has 3 rings (SSSR count). The van der Waals surface area contributed by atoms with Gasteiger partial charge in [-0.3, -0.25) is 10.6 Å². The maximum Gasteiger partial charge on any atom is 0.251 e. The second kappa shape index (κ2) is 4.85. The monoisotopic (exact) mass is 259 g/mol. The summed E-state index contributed by atoms with van der Waals surface area (Å²) in [6.45, 7) is 1.94. The Bertz CT molecular complexity index is 480. The van der Waals surface area contributed by atoms with Crippen molar-refractivity contribution in [3.05, 3.63) is 29.3 Å². The van der Waals surface area contributed by atoms with Gasteiger partial charge in [0.2, 0.25) is 0 Å². The first-order chi connectivity index (χ1) is 9.19. The van der Waals surface area contributed by atoms with Crippen LogP contribution in [0.3, 0.4) is 0 Å². The van der Waals surface area contributed by atoms with Crippen molar-refractivity contribution in [1.82, 2.24) is 5.32 Å². The fourth-order valence-electron chi connectivity index (χ4n) is 2.77. The number of hydrogen-bond donors (Lipinski definition) is 3. The molecule has 0 spiro atoms. The van der Waals surface area contributed by atoms with Crippen LogP contribution in [0.5, 0.6) is 0 Å². The maximum atomic E-state index is 12.4. The van der Waals surface area contributed by atoms with Gasteiger partial charge in [0.1, 0.15) is 0 Å². The van der Waals surface area contributed by atoms with Gasteiger partial charge < -0.3 is 10.7 Å². The molecular weight excluding hydrogens is 238 g/mol. The summed E-state index contributed by atoms with van der Waals surface area (Å²) in [4.78, 5) is 12.4. The number of benzene rings is 1. The molecule has 1 aromatic carbocycles. The highest BCUT2D eigenvalue weighted by Crippen LogP contribution is 2.44. The van der Waals surface area contributed by atoms with Crippen LogP contribution in [-0.2, 0) is 0 Å². The molecule has 102 valence electrons. The number of amides is 1. The largest absolute Gasteiger partial charge is 0.349 e. The Hall–Kier alpha value is -1.55. The lowest BCUT2D eigenvalue weighted by atomic mass is 10.0. The van der Waals surface area contributed by atoms with Gasteiger partial charge in [-0.2, -0.15) is 0 Å². The van der Waals surface area contributed by atoms with Crippen molar-refractivity contribution in [2.45, 2.75) is 38.6 Å². The summed E-state index contributed by atoms with van der Waals surface area (Å²) < 4.78 is 0. The molecule has 1 aromatic rings. The molecule has 2 aliphatic carbocycles. The number of nitrogens with one attached hydrogen (secondary N) is 2. The van der Waals surface area contributed by atoms with Crippen LogP contribution in [-0.4, -0.2) is 11.9 Å². The minimum atomic E-state index is 0.0601. The summed E-state index contributed by atoms with van der Waals surface area (Å²) in [7, 11) is 0. The van der Waals surface area contributed by atoms with Gasteiger partial charge in [-0.1, -0.05) is 0 Å². The minimum Gasteiger partial charge on any atom is -0.349 e. The van der Waals surface area contributed by atoms with Crippen molar-refractivity contribution < 1.29 is 4.79 Å². The van der Waals surface area contributed by atoms with Gasteiger partial charge >= 0.3 is 0 Å². The highest BCUT2D eigenvalue weighted by atomic mass is 16.1. The lowest BCUT2D eigenvalue weighted by Gasteiger charge is -2.18. The van der Waals surface area contributed by atoms with Gasteiger partial charge in [0.15, 0.2) is 0 Å². The Labute approximate surface area is 113 Å². The number of nitrogen functional groups attached to an aromatic ring is 1. The van der Waals surface area contributed by atoms with Crippen molar-refractivity contribution >= 4 is 11.6 Å². The van der Waals surface area contributed by atoms with E-state index in [0.29, 0.717) is 6.04 Å². The van der Waals surface area contributed by atoms with Gasteiger partial charge in [-0.15, -0.1) is 0 Å². The quantitative estimate of drug-likeness (QED) is 0.561. The Morgan fingerprint density at radius 3 is 2.37 bits per heavy atom. The van der Waals surface area contributed by atoms with E-state index < -0.39 is 0 Å². The molecule has 2 saturated carbocycles. The van der Waals surface area contributed by atoms with Crippen LogP contribution in [0, 0.1) is 18.8 Å². The van der Waals surface area contributed by atoms with Crippen LogP contribution < -0.4 is 16.6 Å². The third kappa shape index (κ3) is 2.73. The van der Waals surface area contributed by atoms with E-state index in [2.05, 4.69) is 10.7 Å². The minimum absolute atomic E-state index is 0.0601. The zero-order valence-corrected chi connectivity index (χ0v) is 11.3. The van der Waals surface area contributed by atoms with Gasteiger partial charge in [0, 0.05) is 17.3 Å². The van der Waals surface area contributed by atoms with E-state index in [9.17, 15) is 4.79 Å². The molecule has 0 heterocycles. The van der Waals surface area contributed by atoms with Crippen LogP contribution in [0.2, 0.25) is 0 Å². The third-order valence-corrected chi connectivity index (χ3v) is 4.20. The zero-order chi connectivity index (χ0) is 13.4. The maximum absolute atomic E-state index is 12.4. The molecule has 0 atom stereocenters. The normalized spacial score (nSPS) is 18.5. The molecule has 0 aromatic heterocycles. The van der Waals surface area contributed by atoms with Crippen LogP contribution in [0.25, 0.3) is 0 Å². The molecule has 0 aliphatic heterocycles. The number of anilines is 1. The predicted molar refractivity (Wildman–Crippen MR) is 75.7 cm³/mol. The van der Waals surface area contributed by atoms with Crippen molar-refractivity contribution in [3.63, 3.8) is 0 Å². The molecule has 1 amide bonds. The number of hydrogen-bond acceptors (Lipinski definition) is 3. The topological polar surface area (TPSA) is 67.1 Å². The molecule has 4 N–H and O–H groups in total. The Morgan fingerprint density at radius 2 is 1.89 bits per heavy atom. The van der Waals surface area contributed by atoms with Crippen molar-refractivity contribution in [2.24, 2.45) is 17.7 Å². The van der Waals surface area contributed by atoms with E-state index in [1.54, 1.807) is 0 Å². The van der Waals surface area contributed by atoms with Gasteiger partial charge in [-0.05, 0) is 68.2 Å². The van der Waals surface area contributed by atoms with Crippen LogP contribution >= 0.6 is 0 Å². The van der Waals surface area contributed by atoms with Crippen LogP contribution in [0.1, 0.15) is 41.6 Å². The summed E-state index contributed by atoms with van der Waals surface area (Å²) in [6.07, 6.45) is 5.10. The molecule has 19 heavy (non-hydrogen) atoms. The third-order valence-electron chi connectivity index (χ3n) is 4.20. The van der Waals surface area contributed by atoms with Crippen LogP contribution in [0.4, 0.5) is 5.69 Å². The number of hydrazine groups is 1. The fourth-order valence-corrected chi connectivity index (χ4v) is 2.77. The molecule has 2 fully saturated rings. The second-order valence-electron chi connectivity index (χ2n) is 5.85. The smallest absolute Gasteiger partial charge is 0.251 e. The zero-order valence-electron chi connectivity index (χ0n) is 11.3. The van der Waals surface area contributed by atoms with E-state index in [-0.39, 0.29) is 5.91 Å². The van der Waals surface area contributed by atoms with Gasteiger partial charge in [0.25, 0.3) is 5.91 Å². The van der Waals surface area contributed by atoms with Crippen molar-refractivity contribution in [3.8, 4) is 0 Å². The summed E-state index contributed by atoms with van der Waals surface area (Å²) in [5.74, 6) is 6.88. The summed E-state index contributed by atoms with van der Waals surface area (Å²) >= 11 is 0. The van der Waals surface area contributed by atoms with E-state index in [0.717, 1.165) is 28.7 Å². The molecule has 0 saturated heterocycles. The molecule has 4 nitrogen and oxygen atoms in total. The van der Waals surface area contributed by atoms with Crippen LogP contribution in [0.15, 0.2) is 18.2 Å². The van der Waals surface area contributed by atoms with E-state index in [4.69, 9.17) is 5.84 Å². The van der Waals surface area contributed by atoms with Gasteiger partial charge in [0.05, 0.1) is 0 Å². The average molecular weight is 259 g/mol. The molecule has 0 radical (unpaired) electrons. The Kier molecular flexibility index (Phi) is 3.19. The first-order valence-corrected chi connectivity index (χ1v) is 7.07.